The van der Waals surface area contributed by atoms with E-state index < -0.39 is 6.10 Å². The van der Waals surface area contributed by atoms with Crippen molar-refractivity contribution in [2.75, 3.05) is 19.6 Å². The minimum absolute atomic E-state index is 0. The molecule has 0 bridgehead atoms. The van der Waals surface area contributed by atoms with Crippen molar-refractivity contribution in [3.63, 3.8) is 0 Å². The second-order valence-electron chi connectivity index (χ2n) is 5.88. The third-order valence-corrected chi connectivity index (χ3v) is 4.58. The lowest BCUT2D eigenvalue weighted by Crippen LogP contribution is -2.40. The Morgan fingerprint density at radius 2 is 2.12 bits per heavy atom. The van der Waals surface area contributed by atoms with Gasteiger partial charge in [0.2, 0.25) is 0 Å². The quantitative estimate of drug-likeness (QED) is 0.292. The molecule has 0 aromatic carbocycles. The largest absolute Gasteiger partial charge is 0.469 e. The Morgan fingerprint density at radius 3 is 2.72 bits per heavy atom. The van der Waals surface area contributed by atoms with Gasteiger partial charge in [0.15, 0.2) is 5.96 Å². The summed E-state index contributed by atoms with van der Waals surface area (Å²) in [7, 11) is 0. The van der Waals surface area contributed by atoms with Crippen molar-refractivity contribution in [1.29, 1.82) is 0 Å². The maximum absolute atomic E-state index is 10.2. The molecule has 140 valence electrons. The monoisotopic (exact) mass is 497 g/mol. The number of furan rings is 1. The van der Waals surface area contributed by atoms with Crippen LogP contribution < -0.4 is 10.6 Å². The summed E-state index contributed by atoms with van der Waals surface area (Å²) in [6.45, 7) is 6.04. The summed E-state index contributed by atoms with van der Waals surface area (Å²) in [5.41, 5.74) is 0. The Morgan fingerprint density at radius 1 is 1.32 bits per heavy atom. The molecule has 1 atom stereocenters. The van der Waals surface area contributed by atoms with E-state index in [4.69, 9.17) is 16.0 Å². The van der Waals surface area contributed by atoms with E-state index in [1.165, 1.54) is 11.3 Å². The molecule has 8 heteroatoms. The van der Waals surface area contributed by atoms with Crippen molar-refractivity contribution in [3.8, 4) is 0 Å². The van der Waals surface area contributed by atoms with E-state index >= 15 is 0 Å². The van der Waals surface area contributed by atoms with Crippen molar-refractivity contribution in [3.05, 3.63) is 45.5 Å². The van der Waals surface area contributed by atoms with Gasteiger partial charge < -0.3 is 20.2 Å². The molecule has 0 aliphatic rings. The molecule has 0 saturated heterocycles. The highest BCUT2D eigenvalue weighted by atomic mass is 127. The van der Waals surface area contributed by atoms with Crippen molar-refractivity contribution in [2.45, 2.75) is 26.4 Å². The number of nitrogens with zero attached hydrogens (tertiary/aromatic N) is 1. The summed E-state index contributed by atoms with van der Waals surface area (Å²) in [6.07, 6.45) is 1.83. The summed E-state index contributed by atoms with van der Waals surface area (Å²) in [6, 6.07) is 7.46. The molecule has 2 heterocycles. The number of aliphatic hydroxyl groups is 1. The number of aliphatic imine (C=N–C) groups is 1. The van der Waals surface area contributed by atoms with Crippen LogP contribution in [0.2, 0.25) is 4.34 Å². The van der Waals surface area contributed by atoms with Crippen molar-refractivity contribution >= 4 is 52.9 Å². The van der Waals surface area contributed by atoms with Gasteiger partial charge in [0, 0.05) is 30.9 Å². The molecule has 2 aromatic rings. The predicted octanol–water partition coefficient (Wildman–Crippen LogP) is 4.08. The van der Waals surface area contributed by atoms with E-state index in [1.807, 2.05) is 18.2 Å². The van der Waals surface area contributed by atoms with E-state index in [2.05, 4.69) is 29.5 Å². The molecule has 3 N–H and O–H groups in total. The lowest BCUT2D eigenvalue weighted by Gasteiger charge is -2.15. The first-order chi connectivity index (χ1) is 11.5. The van der Waals surface area contributed by atoms with Crippen LogP contribution in [0, 0.1) is 5.92 Å². The van der Waals surface area contributed by atoms with Crippen LogP contribution >= 0.6 is 46.9 Å². The minimum Gasteiger partial charge on any atom is -0.469 e. The van der Waals surface area contributed by atoms with Gasteiger partial charge in [0.1, 0.15) is 11.9 Å². The molecule has 25 heavy (non-hydrogen) atoms. The molecule has 0 aliphatic heterocycles. The lowest BCUT2D eigenvalue weighted by atomic mass is 10.2. The number of thiophene rings is 1. The average molecular weight is 498 g/mol. The number of halogens is 2. The average Bonchev–Trinajstić information content (AvgIpc) is 3.20. The highest BCUT2D eigenvalue weighted by molar-refractivity contribution is 14.0. The summed E-state index contributed by atoms with van der Waals surface area (Å²) >= 11 is 7.30. The van der Waals surface area contributed by atoms with Crippen LogP contribution in [0.25, 0.3) is 0 Å². The maximum atomic E-state index is 10.2. The zero-order valence-corrected chi connectivity index (χ0v) is 18.3. The Hall–Kier alpha value is -0.770. The van der Waals surface area contributed by atoms with Gasteiger partial charge in [-0.3, -0.25) is 4.99 Å². The fourth-order valence-corrected chi connectivity index (χ4v) is 3.06. The van der Waals surface area contributed by atoms with Crippen LogP contribution in [-0.2, 0) is 6.42 Å². The summed E-state index contributed by atoms with van der Waals surface area (Å²) in [4.78, 5) is 5.38. The van der Waals surface area contributed by atoms with Crippen LogP contribution in [0.5, 0.6) is 0 Å². The van der Waals surface area contributed by atoms with Gasteiger partial charge in [-0.1, -0.05) is 25.4 Å². The van der Waals surface area contributed by atoms with E-state index in [1.54, 1.807) is 12.3 Å². The molecule has 2 rings (SSSR count). The second-order valence-corrected chi connectivity index (χ2v) is 7.62. The second kappa shape index (κ2) is 11.8. The molecule has 0 amide bonds. The predicted molar refractivity (Wildman–Crippen MR) is 115 cm³/mol. The highest BCUT2D eigenvalue weighted by Crippen LogP contribution is 2.26. The van der Waals surface area contributed by atoms with Crippen LogP contribution in [-0.4, -0.2) is 30.7 Å². The number of hydrogen-bond acceptors (Lipinski definition) is 4. The summed E-state index contributed by atoms with van der Waals surface area (Å²) in [5.74, 6) is 2.09. The number of nitrogens with one attached hydrogen (secondary N) is 2. The zero-order valence-electron chi connectivity index (χ0n) is 14.4. The van der Waals surface area contributed by atoms with E-state index in [-0.39, 0.29) is 24.0 Å². The fourth-order valence-electron chi connectivity index (χ4n) is 2.01. The molecule has 0 spiro atoms. The number of hydrogen-bond donors (Lipinski definition) is 3. The first-order valence-electron chi connectivity index (χ1n) is 8.02. The third kappa shape index (κ3) is 8.44. The molecule has 0 aliphatic carbocycles. The maximum Gasteiger partial charge on any atom is 0.191 e. The van der Waals surface area contributed by atoms with E-state index in [0.717, 1.165) is 23.6 Å². The van der Waals surface area contributed by atoms with Gasteiger partial charge in [-0.25, -0.2) is 0 Å². The molecule has 5 nitrogen and oxygen atoms in total. The molecule has 2 aromatic heterocycles. The van der Waals surface area contributed by atoms with Gasteiger partial charge in [0.25, 0.3) is 0 Å². The molecule has 0 radical (unpaired) electrons. The number of aliphatic hydroxyl groups excluding tert-OH is 1. The van der Waals surface area contributed by atoms with Crippen LogP contribution in [0.1, 0.15) is 30.6 Å². The molecular weight excluding hydrogens is 473 g/mol. The Kier molecular flexibility index (Phi) is 10.5. The Labute approximate surface area is 174 Å². The van der Waals surface area contributed by atoms with Crippen molar-refractivity contribution < 1.29 is 9.52 Å². The van der Waals surface area contributed by atoms with E-state index in [0.29, 0.717) is 29.3 Å². The normalized spacial score (nSPS) is 12.8. The van der Waals surface area contributed by atoms with Gasteiger partial charge in [-0.15, -0.1) is 35.3 Å². The smallest absolute Gasteiger partial charge is 0.191 e. The number of rotatable bonds is 8. The van der Waals surface area contributed by atoms with Crippen LogP contribution in [0.3, 0.4) is 0 Å². The molecule has 0 saturated carbocycles. The Bertz CT molecular complexity index is 632. The standard InChI is InChI=1S/C17H24ClN3O2S.HI/c1-12(2)10-20-17(19-8-7-13-4-3-9-23-13)21-11-14(22)15-5-6-16(18)24-15;/h3-6,9,12,14,22H,7-8,10-11H2,1-2H3,(H2,19,20,21);1H. The van der Waals surface area contributed by atoms with Gasteiger partial charge >= 0.3 is 0 Å². The SMILES string of the molecule is CC(C)CN=C(NCCc1ccco1)NCC(O)c1ccc(Cl)s1.I. The molecule has 0 fully saturated rings. The van der Waals surface area contributed by atoms with Gasteiger partial charge in [-0.05, 0) is 30.2 Å². The Balaban J connectivity index is 0.00000312. The van der Waals surface area contributed by atoms with Gasteiger partial charge in [-0.2, -0.15) is 0 Å². The van der Waals surface area contributed by atoms with Crippen LogP contribution in [0.15, 0.2) is 39.9 Å². The zero-order chi connectivity index (χ0) is 17.4. The highest BCUT2D eigenvalue weighted by Gasteiger charge is 2.11. The minimum atomic E-state index is -0.612. The fraction of sp³-hybridized carbons (Fsp3) is 0.471. The topological polar surface area (TPSA) is 69.8 Å². The van der Waals surface area contributed by atoms with Crippen LogP contribution in [0.4, 0.5) is 0 Å². The first-order valence-corrected chi connectivity index (χ1v) is 9.22. The summed E-state index contributed by atoms with van der Waals surface area (Å²) < 4.78 is 6.00. The van der Waals surface area contributed by atoms with Gasteiger partial charge in [0.05, 0.1) is 10.6 Å². The molecule has 1 unspecified atom stereocenters. The molecular formula is C17H25ClIN3O2S. The van der Waals surface area contributed by atoms with Crippen molar-refractivity contribution in [1.82, 2.24) is 10.6 Å². The summed E-state index contributed by atoms with van der Waals surface area (Å²) in [5, 5.41) is 16.7. The third-order valence-electron chi connectivity index (χ3n) is 3.24. The first kappa shape index (κ1) is 22.3. The van der Waals surface area contributed by atoms with E-state index in [9.17, 15) is 5.11 Å². The lowest BCUT2D eigenvalue weighted by molar-refractivity contribution is 0.184. The van der Waals surface area contributed by atoms with Crippen molar-refractivity contribution in [2.24, 2.45) is 10.9 Å². The number of guanidine groups is 1.